The summed E-state index contributed by atoms with van der Waals surface area (Å²) in [5, 5.41) is 5.69. The smallest absolute Gasteiger partial charge is 0.231 e. The fourth-order valence-electron chi connectivity index (χ4n) is 2.67. The second-order valence-corrected chi connectivity index (χ2v) is 5.85. The molecule has 0 saturated heterocycles. The SMILES string of the molecule is CCC(=O)Nc1cccc(NC(=O)C2(C)CCCC2N)c1. The van der Waals surface area contributed by atoms with Gasteiger partial charge >= 0.3 is 0 Å². The quantitative estimate of drug-likeness (QED) is 0.796. The Bertz CT molecular complexity index is 544. The van der Waals surface area contributed by atoms with E-state index in [1.165, 1.54) is 0 Å². The first-order valence-electron chi connectivity index (χ1n) is 7.42. The molecule has 5 nitrogen and oxygen atoms in total. The van der Waals surface area contributed by atoms with E-state index in [2.05, 4.69) is 10.6 Å². The van der Waals surface area contributed by atoms with E-state index in [-0.39, 0.29) is 17.9 Å². The summed E-state index contributed by atoms with van der Waals surface area (Å²) in [6.45, 7) is 3.71. The molecule has 1 aromatic carbocycles. The van der Waals surface area contributed by atoms with Crippen molar-refractivity contribution in [3.8, 4) is 0 Å². The van der Waals surface area contributed by atoms with Crippen LogP contribution in [0, 0.1) is 5.41 Å². The Morgan fingerprint density at radius 3 is 2.57 bits per heavy atom. The Morgan fingerprint density at radius 1 is 1.33 bits per heavy atom. The number of carbonyl (C=O) groups is 2. The van der Waals surface area contributed by atoms with Gasteiger partial charge in [0.2, 0.25) is 11.8 Å². The van der Waals surface area contributed by atoms with Crippen LogP contribution in [0.3, 0.4) is 0 Å². The molecule has 21 heavy (non-hydrogen) atoms. The van der Waals surface area contributed by atoms with Gasteiger partial charge in [-0.05, 0) is 38.0 Å². The van der Waals surface area contributed by atoms with Gasteiger partial charge in [0, 0.05) is 23.8 Å². The van der Waals surface area contributed by atoms with Crippen LogP contribution in [-0.2, 0) is 9.59 Å². The predicted octanol–water partition coefficient (Wildman–Crippen LogP) is 2.49. The fourth-order valence-corrected chi connectivity index (χ4v) is 2.67. The number of carbonyl (C=O) groups excluding carboxylic acids is 2. The number of hydrogen-bond donors (Lipinski definition) is 3. The van der Waals surface area contributed by atoms with E-state index in [4.69, 9.17) is 5.73 Å². The Hall–Kier alpha value is -1.88. The molecule has 2 atom stereocenters. The highest BCUT2D eigenvalue weighted by Crippen LogP contribution is 2.37. The van der Waals surface area contributed by atoms with Gasteiger partial charge in [0.05, 0.1) is 5.41 Å². The maximum absolute atomic E-state index is 12.5. The Labute approximate surface area is 125 Å². The first-order chi connectivity index (χ1) is 9.95. The van der Waals surface area contributed by atoms with E-state index >= 15 is 0 Å². The molecule has 114 valence electrons. The second-order valence-electron chi connectivity index (χ2n) is 5.85. The molecule has 4 N–H and O–H groups in total. The molecule has 0 aliphatic heterocycles. The van der Waals surface area contributed by atoms with Crippen molar-refractivity contribution in [3.05, 3.63) is 24.3 Å². The lowest BCUT2D eigenvalue weighted by molar-refractivity contribution is -0.125. The normalized spacial score (nSPS) is 24.6. The Kier molecular flexibility index (Phi) is 4.63. The largest absolute Gasteiger partial charge is 0.327 e. The summed E-state index contributed by atoms with van der Waals surface area (Å²) < 4.78 is 0. The lowest BCUT2D eigenvalue weighted by Crippen LogP contribution is -2.44. The van der Waals surface area contributed by atoms with Gasteiger partial charge in [0.15, 0.2) is 0 Å². The highest BCUT2D eigenvalue weighted by atomic mass is 16.2. The molecule has 5 heteroatoms. The minimum absolute atomic E-state index is 0.0496. The van der Waals surface area contributed by atoms with E-state index < -0.39 is 5.41 Å². The van der Waals surface area contributed by atoms with Crippen molar-refractivity contribution in [1.82, 2.24) is 0 Å². The standard InChI is InChI=1S/C16H23N3O2/c1-3-14(20)18-11-6-4-7-12(10-11)19-15(21)16(2)9-5-8-13(16)17/h4,6-7,10,13H,3,5,8-9,17H2,1-2H3,(H,18,20)(H,19,21). The Balaban J connectivity index is 2.07. The number of benzene rings is 1. The molecule has 2 unspecified atom stereocenters. The molecule has 0 bridgehead atoms. The molecule has 2 rings (SSSR count). The highest BCUT2D eigenvalue weighted by Gasteiger charge is 2.42. The van der Waals surface area contributed by atoms with Crippen molar-refractivity contribution in [2.45, 2.75) is 45.6 Å². The summed E-state index contributed by atoms with van der Waals surface area (Å²) in [5.74, 6) is -0.102. The van der Waals surface area contributed by atoms with Crippen molar-refractivity contribution in [3.63, 3.8) is 0 Å². The Morgan fingerprint density at radius 2 is 2.00 bits per heavy atom. The van der Waals surface area contributed by atoms with Crippen LogP contribution in [0.1, 0.15) is 39.5 Å². The maximum atomic E-state index is 12.5. The van der Waals surface area contributed by atoms with Gasteiger partial charge in [0.25, 0.3) is 0 Å². The van der Waals surface area contributed by atoms with Crippen LogP contribution < -0.4 is 16.4 Å². The number of anilines is 2. The summed E-state index contributed by atoms with van der Waals surface area (Å²) in [4.78, 5) is 23.9. The van der Waals surface area contributed by atoms with Gasteiger partial charge in [0.1, 0.15) is 0 Å². The van der Waals surface area contributed by atoms with Gasteiger partial charge < -0.3 is 16.4 Å². The third kappa shape index (κ3) is 3.42. The average molecular weight is 289 g/mol. The molecule has 0 radical (unpaired) electrons. The van der Waals surface area contributed by atoms with Crippen molar-refractivity contribution in [2.24, 2.45) is 11.1 Å². The fraction of sp³-hybridized carbons (Fsp3) is 0.500. The topological polar surface area (TPSA) is 84.2 Å². The number of nitrogens with two attached hydrogens (primary N) is 1. The van der Waals surface area contributed by atoms with Crippen LogP contribution in [-0.4, -0.2) is 17.9 Å². The lowest BCUT2D eigenvalue weighted by atomic mass is 9.84. The summed E-state index contributed by atoms with van der Waals surface area (Å²) in [6.07, 6.45) is 3.10. The van der Waals surface area contributed by atoms with Crippen LogP contribution in [0.5, 0.6) is 0 Å². The van der Waals surface area contributed by atoms with Crippen LogP contribution in [0.25, 0.3) is 0 Å². The molecule has 1 fully saturated rings. The molecule has 2 amide bonds. The molecule has 1 saturated carbocycles. The van der Waals surface area contributed by atoms with Gasteiger partial charge in [-0.2, -0.15) is 0 Å². The minimum Gasteiger partial charge on any atom is -0.327 e. The molecule has 0 spiro atoms. The van der Waals surface area contributed by atoms with E-state index in [1.807, 2.05) is 13.0 Å². The predicted molar refractivity (Wildman–Crippen MR) is 83.9 cm³/mol. The number of amides is 2. The van der Waals surface area contributed by atoms with E-state index in [1.54, 1.807) is 25.1 Å². The first kappa shape index (κ1) is 15.5. The third-order valence-electron chi connectivity index (χ3n) is 4.27. The van der Waals surface area contributed by atoms with Crippen LogP contribution in [0.15, 0.2) is 24.3 Å². The summed E-state index contributed by atoms with van der Waals surface area (Å²) in [5.41, 5.74) is 6.91. The molecule has 0 heterocycles. The summed E-state index contributed by atoms with van der Waals surface area (Å²) >= 11 is 0. The summed E-state index contributed by atoms with van der Waals surface area (Å²) in [7, 11) is 0. The van der Waals surface area contributed by atoms with Crippen LogP contribution in [0.4, 0.5) is 11.4 Å². The molecule has 1 aliphatic carbocycles. The number of rotatable bonds is 4. The van der Waals surface area contributed by atoms with Crippen LogP contribution >= 0.6 is 0 Å². The van der Waals surface area contributed by atoms with Gasteiger partial charge in [-0.3, -0.25) is 9.59 Å². The monoisotopic (exact) mass is 289 g/mol. The van der Waals surface area contributed by atoms with Gasteiger partial charge in [-0.25, -0.2) is 0 Å². The average Bonchev–Trinajstić information content (AvgIpc) is 2.80. The molecular weight excluding hydrogens is 266 g/mol. The molecule has 0 aromatic heterocycles. The zero-order chi connectivity index (χ0) is 15.5. The molecular formula is C16H23N3O2. The zero-order valence-electron chi connectivity index (χ0n) is 12.6. The third-order valence-corrected chi connectivity index (χ3v) is 4.27. The lowest BCUT2D eigenvalue weighted by Gasteiger charge is -2.27. The van der Waals surface area contributed by atoms with E-state index in [0.717, 1.165) is 19.3 Å². The molecule has 1 aromatic rings. The van der Waals surface area contributed by atoms with E-state index in [0.29, 0.717) is 17.8 Å². The van der Waals surface area contributed by atoms with E-state index in [9.17, 15) is 9.59 Å². The summed E-state index contributed by atoms with van der Waals surface area (Å²) in [6, 6.07) is 7.07. The maximum Gasteiger partial charge on any atom is 0.231 e. The van der Waals surface area contributed by atoms with Crippen molar-refractivity contribution in [2.75, 3.05) is 10.6 Å². The van der Waals surface area contributed by atoms with Gasteiger partial charge in [-0.15, -0.1) is 0 Å². The van der Waals surface area contributed by atoms with Crippen LogP contribution in [0.2, 0.25) is 0 Å². The zero-order valence-corrected chi connectivity index (χ0v) is 12.6. The number of hydrogen-bond acceptors (Lipinski definition) is 3. The van der Waals surface area contributed by atoms with Crippen molar-refractivity contribution < 1.29 is 9.59 Å². The number of nitrogens with one attached hydrogen (secondary N) is 2. The molecule has 1 aliphatic rings. The minimum atomic E-state index is -0.511. The second kappa shape index (κ2) is 6.26. The first-order valence-corrected chi connectivity index (χ1v) is 7.42. The highest BCUT2D eigenvalue weighted by molar-refractivity contribution is 5.97. The van der Waals surface area contributed by atoms with Crippen molar-refractivity contribution >= 4 is 23.2 Å². The van der Waals surface area contributed by atoms with Crippen molar-refractivity contribution in [1.29, 1.82) is 0 Å². The van der Waals surface area contributed by atoms with Gasteiger partial charge in [-0.1, -0.05) is 19.4 Å².